The topological polar surface area (TPSA) is 75.7 Å². The molecule has 2 aliphatic heterocycles. The van der Waals surface area contributed by atoms with E-state index in [0.29, 0.717) is 25.8 Å². The van der Waals surface area contributed by atoms with Crippen LogP contribution < -0.4 is 10.1 Å². The van der Waals surface area contributed by atoms with Gasteiger partial charge in [0.05, 0.1) is 16.9 Å². The van der Waals surface area contributed by atoms with E-state index >= 15 is 0 Å². The number of hydrogen-bond acceptors (Lipinski definition) is 4. The molecule has 6 nitrogen and oxygen atoms in total. The molecule has 0 bridgehead atoms. The number of nitrogens with one attached hydrogen (secondary N) is 1. The van der Waals surface area contributed by atoms with Gasteiger partial charge in [0, 0.05) is 25.1 Å². The zero-order valence-corrected chi connectivity index (χ0v) is 20.0. The Kier molecular flexibility index (Phi) is 6.07. The van der Waals surface area contributed by atoms with Crippen LogP contribution >= 0.6 is 0 Å². The van der Waals surface area contributed by atoms with Gasteiger partial charge in [-0.05, 0) is 58.7 Å². The van der Waals surface area contributed by atoms with Crippen LogP contribution in [0.3, 0.4) is 0 Å². The quantitative estimate of drug-likeness (QED) is 0.751. The molecular formula is C25H32N2O4S. The van der Waals surface area contributed by atoms with Gasteiger partial charge in [-0.3, -0.25) is 4.79 Å². The summed E-state index contributed by atoms with van der Waals surface area (Å²) in [6.45, 7) is 8.63. The molecule has 1 N–H and O–H groups in total. The van der Waals surface area contributed by atoms with Crippen LogP contribution in [-0.4, -0.2) is 37.3 Å². The fourth-order valence-corrected chi connectivity index (χ4v) is 6.15. The Morgan fingerprint density at radius 2 is 1.78 bits per heavy atom. The van der Waals surface area contributed by atoms with Crippen molar-refractivity contribution in [1.29, 1.82) is 0 Å². The highest BCUT2D eigenvalue weighted by Crippen LogP contribution is 2.40. The Balaban J connectivity index is 1.51. The van der Waals surface area contributed by atoms with E-state index in [4.69, 9.17) is 4.74 Å². The second kappa shape index (κ2) is 8.52. The highest BCUT2D eigenvalue weighted by molar-refractivity contribution is 7.89. The third-order valence-electron chi connectivity index (χ3n) is 6.35. The molecule has 1 fully saturated rings. The van der Waals surface area contributed by atoms with Gasteiger partial charge in [-0.2, -0.15) is 4.31 Å². The lowest BCUT2D eigenvalue weighted by atomic mass is 9.88. The highest BCUT2D eigenvalue weighted by Gasteiger charge is 2.38. The zero-order chi connectivity index (χ0) is 23.1. The van der Waals surface area contributed by atoms with E-state index in [-0.39, 0.29) is 29.3 Å². The number of hydrogen-bond donors (Lipinski definition) is 1. The minimum atomic E-state index is -3.62. The van der Waals surface area contributed by atoms with Crippen LogP contribution in [0.1, 0.15) is 55.8 Å². The smallest absolute Gasteiger partial charge is 0.243 e. The van der Waals surface area contributed by atoms with Crippen molar-refractivity contribution >= 4 is 15.9 Å². The third kappa shape index (κ3) is 4.69. The van der Waals surface area contributed by atoms with Gasteiger partial charge >= 0.3 is 0 Å². The lowest BCUT2D eigenvalue weighted by Crippen LogP contribution is -2.48. The number of ether oxygens (including phenoxy) is 1. The number of sulfonamides is 1. The summed E-state index contributed by atoms with van der Waals surface area (Å²) in [5.41, 5.74) is 2.71. The summed E-state index contributed by atoms with van der Waals surface area (Å²) >= 11 is 0. The van der Waals surface area contributed by atoms with Gasteiger partial charge < -0.3 is 10.1 Å². The number of rotatable bonds is 4. The molecule has 0 saturated carbocycles. The Labute approximate surface area is 191 Å². The van der Waals surface area contributed by atoms with E-state index in [0.717, 1.165) is 22.4 Å². The lowest BCUT2D eigenvalue weighted by molar-refractivity contribution is -0.127. The highest BCUT2D eigenvalue weighted by atomic mass is 32.2. The summed E-state index contributed by atoms with van der Waals surface area (Å²) in [6, 6.07) is 12.7. The number of carbonyl (C=O) groups excluding carboxylic acids is 1. The number of benzene rings is 2. The molecule has 0 unspecified atom stereocenters. The van der Waals surface area contributed by atoms with Gasteiger partial charge in [0.15, 0.2) is 0 Å². The molecule has 4 rings (SSSR count). The summed E-state index contributed by atoms with van der Waals surface area (Å²) in [7, 11) is -3.62. The van der Waals surface area contributed by atoms with E-state index in [1.807, 2.05) is 39.8 Å². The Morgan fingerprint density at radius 3 is 2.50 bits per heavy atom. The summed E-state index contributed by atoms with van der Waals surface area (Å²) < 4.78 is 33.8. The third-order valence-corrected chi connectivity index (χ3v) is 8.23. The molecule has 0 radical (unpaired) electrons. The van der Waals surface area contributed by atoms with Crippen molar-refractivity contribution in [3.63, 3.8) is 0 Å². The first-order valence-electron chi connectivity index (χ1n) is 11.2. The van der Waals surface area contributed by atoms with Crippen LogP contribution in [0.25, 0.3) is 0 Å². The Morgan fingerprint density at radius 1 is 1.09 bits per heavy atom. The Bertz CT molecular complexity index is 1110. The SMILES string of the molecule is Cc1ccc(S(=O)(=O)N2CCC[C@H](C(=O)N[C@H]3CC(C)(C)Oc4ccc(C)cc43)C2)cc1. The van der Waals surface area contributed by atoms with Crippen LogP contribution in [0.15, 0.2) is 47.4 Å². The van der Waals surface area contributed by atoms with E-state index in [9.17, 15) is 13.2 Å². The normalized spacial score (nSPS) is 23.1. The number of carbonyl (C=O) groups is 1. The van der Waals surface area contributed by atoms with Crippen molar-refractivity contribution in [1.82, 2.24) is 9.62 Å². The number of aryl methyl sites for hydroxylation is 2. The maximum atomic E-state index is 13.3. The van der Waals surface area contributed by atoms with E-state index < -0.39 is 15.6 Å². The molecule has 0 aliphatic carbocycles. The number of piperidine rings is 1. The molecule has 172 valence electrons. The minimum absolute atomic E-state index is 0.0936. The van der Waals surface area contributed by atoms with Crippen LogP contribution in [-0.2, 0) is 14.8 Å². The minimum Gasteiger partial charge on any atom is -0.487 e. The number of amides is 1. The molecule has 0 aromatic heterocycles. The summed E-state index contributed by atoms with van der Waals surface area (Å²) in [5.74, 6) is 0.330. The van der Waals surface area contributed by atoms with E-state index in [2.05, 4.69) is 11.4 Å². The average Bonchev–Trinajstić information content (AvgIpc) is 2.74. The fraction of sp³-hybridized carbons (Fsp3) is 0.480. The molecule has 32 heavy (non-hydrogen) atoms. The molecule has 2 aromatic rings. The first-order valence-corrected chi connectivity index (χ1v) is 12.7. The number of fused-ring (bicyclic) bond motifs is 1. The van der Waals surface area contributed by atoms with Crippen molar-refractivity contribution in [2.24, 2.45) is 5.92 Å². The zero-order valence-electron chi connectivity index (χ0n) is 19.2. The fourth-order valence-electron chi connectivity index (χ4n) is 4.63. The first-order chi connectivity index (χ1) is 15.0. The predicted octanol–water partition coefficient (Wildman–Crippen LogP) is 4.12. The first kappa shape index (κ1) is 22.8. The standard InChI is InChI=1S/C25H32N2O4S/c1-17-7-10-20(11-8-17)32(29,30)27-13-5-6-19(16-27)24(28)26-22-15-25(3,4)31-23-12-9-18(2)14-21(22)23/h7-12,14,19,22H,5-6,13,15-16H2,1-4H3,(H,26,28)/t19-,22-/m0/s1. The molecule has 1 amide bonds. The summed E-state index contributed by atoms with van der Waals surface area (Å²) in [5, 5.41) is 3.21. The maximum Gasteiger partial charge on any atom is 0.243 e. The van der Waals surface area contributed by atoms with Gasteiger partial charge in [0.25, 0.3) is 0 Å². The molecule has 2 heterocycles. The number of nitrogens with zero attached hydrogens (tertiary/aromatic N) is 1. The van der Waals surface area contributed by atoms with Gasteiger partial charge in [0.2, 0.25) is 15.9 Å². The van der Waals surface area contributed by atoms with Crippen molar-refractivity contribution in [3.8, 4) is 5.75 Å². The van der Waals surface area contributed by atoms with Gasteiger partial charge in [-0.25, -0.2) is 8.42 Å². The molecule has 2 aromatic carbocycles. The van der Waals surface area contributed by atoms with Crippen molar-refractivity contribution < 1.29 is 17.9 Å². The van der Waals surface area contributed by atoms with Gasteiger partial charge in [0.1, 0.15) is 11.4 Å². The van der Waals surface area contributed by atoms with Gasteiger partial charge in [-0.15, -0.1) is 0 Å². The second-order valence-electron chi connectivity index (χ2n) is 9.68. The molecule has 2 atom stereocenters. The Hall–Kier alpha value is -2.38. The molecule has 0 spiro atoms. The largest absolute Gasteiger partial charge is 0.487 e. The predicted molar refractivity (Wildman–Crippen MR) is 124 cm³/mol. The monoisotopic (exact) mass is 456 g/mol. The van der Waals surface area contributed by atoms with Crippen LogP contribution in [0.2, 0.25) is 0 Å². The summed E-state index contributed by atoms with van der Waals surface area (Å²) in [4.78, 5) is 13.5. The van der Waals surface area contributed by atoms with Crippen molar-refractivity contribution in [2.75, 3.05) is 13.1 Å². The van der Waals surface area contributed by atoms with Crippen LogP contribution in [0.4, 0.5) is 0 Å². The van der Waals surface area contributed by atoms with E-state index in [1.165, 1.54) is 4.31 Å². The van der Waals surface area contributed by atoms with Gasteiger partial charge in [-0.1, -0.05) is 35.4 Å². The second-order valence-corrected chi connectivity index (χ2v) is 11.6. The van der Waals surface area contributed by atoms with Crippen LogP contribution in [0.5, 0.6) is 5.75 Å². The molecule has 1 saturated heterocycles. The molecule has 7 heteroatoms. The lowest BCUT2D eigenvalue weighted by Gasteiger charge is -2.39. The molecular weight excluding hydrogens is 424 g/mol. The summed E-state index contributed by atoms with van der Waals surface area (Å²) in [6.07, 6.45) is 2.00. The van der Waals surface area contributed by atoms with Crippen LogP contribution in [0, 0.1) is 19.8 Å². The average molecular weight is 457 g/mol. The maximum absolute atomic E-state index is 13.3. The van der Waals surface area contributed by atoms with Crippen molar-refractivity contribution in [3.05, 3.63) is 59.2 Å². The van der Waals surface area contributed by atoms with Crippen molar-refractivity contribution in [2.45, 2.75) is 63.5 Å². The van der Waals surface area contributed by atoms with E-state index in [1.54, 1.807) is 24.3 Å². The molecule has 2 aliphatic rings.